The molecule has 0 spiro atoms. The molecule has 1 aliphatic rings. The highest BCUT2D eigenvalue weighted by Gasteiger charge is 2.37. The zero-order chi connectivity index (χ0) is 20.1. The number of benzene rings is 2. The molecule has 0 saturated heterocycles. The molecular formula is C24H25O3S+. The Balaban J connectivity index is 1.89. The molecule has 0 aliphatic heterocycles. The Hall–Kier alpha value is -2.59. The van der Waals surface area contributed by atoms with Gasteiger partial charge in [0.15, 0.2) is 9.79 Å². The summed E-state index contributed by atoms with van der Waals surface area (Å²) < 4.78 is 5.38. The SMILES string of the molecule is CC(C)(C)OC(=O)CC1=CC=C([S+](c2ccccc2)c2ccccc2)C(=O)C1. The normalized spacial score (nSPS) is 14.5. The molecule has 2 aromatic rings. The summed E-state index contributed by atoms with van der Waals surface area (Å²) in [6.07, 6.45) is 4.20. The minimum absolute atomic E-state index is 0.0668. The minimum Gasteiger partial charge on any atom is -0.460 e. The molecule has 28 heavy (non-hydrogen) atoms. The molecule has 144 valence electrons. The number of ketones is 1. The predicted octanol–water partition coefficient (Wildman–Crippen LogP) is 5.24. The van der Waals surface area contributed by atoms with E-state index >= 15 is 0 Å². The van der Waals surface area contributed by atoms with Crippen molar-refractivity contribution < 1.29 is 14.3 Å². The molecule has 1 aliphatic carbocycles. The third kappa shape index (κ3) is 5.23. The van der Waals surface area contributed by atoms with Gasteiger partial charge >= 0.3 is 5.97 Å². The highest BCUT2D eigenvalue weighted by atomic mass is 32.2. The molecule has 0 fully saturated rings. The molecule has 4 heteroatoms. The molecule has 2 aromatic carbocycles. The Morgan fingerprint density at radius 2 is 1.46 bits per heavy atom. The van der Waals surface area contributed by atoms with Gasteiger partial charge in [0, 0.05) is 6.42 Å². The largest absolute Gasteiger partial charge is 0.460 e. The minimum atomic E-state index is -0.523. The Labute approximate surface area is 169 Å². The highest BCUT2D eigenvalue weighted by molar-refractivity contribution is 8.01. The summed E-state index contributed by atoms with van der Waals surface area (Å²) in [5.41, 5.74) is 0.275. The summed E-state index contributed by atoms with van der Waals surface area (Å²) in [5.74, 6) is -0.231. The van der Waals surface area contributed by atoms with Gasteiger partial charge in [-0.25, -0.2) is 0 Å². The number of ether oxygens (including phenoxy) is 1. The van der Waals surface area contributed by atoms with Gasteiger partial charge in [-0.15, -0.1) is 0 Å². The van der Waals surface area contributed by atoms with Gasteiger partial charge in [-0.2, -0.15) is 0 Å². The van der Waals surface area contributed by atoms with E-state index in [0.29, 0.717) is 0 Å². The second kappa shape index (κ2) is 8.61. The number of hydrogen-bond donors (Lipinski definition) is 0. The smallest absolute Gasteiger partial charge is 0.310 e. The zero-order valence-corrected chi connectivity index (χ0v) is 17.3. The Kier molecular flexibility index (Phi) is 6.20. The van der Waals surface area contributed by atoms with E-state index in [2.05, 4.69) is 24.3 Å². The van der Waals surface area contributed by atoms with Gasteiger partial charge in [-0.1, -0.05) is 48.0 Å². The van der Waals surface area contributed by atoms with Crippen LogP contribution in [0, 0.1) is 0 Å². The van der Waals surface area contributed by atoms with Crippen LogP contribution in [0.1, 0.15) is 33.6 Å². The second-order valence-electron chi connectivity index (χ2n) is 7.65. The van der Waals surface area contributed by atoms with Crippen molar-refractivity contribution in [2.24, 2.45) is 0 Å². The standard InChI is InChI=1S/C24H25O3S/c1-24(2,3)27-23(26)17-18-14-15-22(21(25)16-18)28(19-10-6-4-7-11-19)20-12-8-5-9-13-20/h4-15H,16-17H2,1-3H3/q+1. The lowest BCUT2D eigenvalue weighted by atomic mass is 10.0. The molecule has 3 rings (SSSR count). The molecule has 0 heterocycles. The van der Waals surface area contributed by atoms with E-state index in [0.717, 1.165) is 20.3 Å². The fourth-order valence-electron chi connectivity index (χ4n) is 3.01. The zero-order valence-electron chi connectivity index (χ0n) is 16.5. The maximum absolute atomic E-state index is 13.0. The molecule has 0 unspecified atom stereocenters. The first-order valence-electron chi connectivity index (χ1n) is 9.33. The molecule has 0 radical (unpaired) electrons. The Morgan fingerprint density at radius 3 is 1.93 bits per heavy atom. The summed E-state index contributed by atoms with van der Waals surface area (Å²) in [5, 5.41) is 0. The lowest BCUT2D eigenvalue weighted by Crippen LogP contribution is -2.25. The van der Waals surface area contributed by atoms with Gasteiger partial charge in [0.05, 0.1) is 6.42 Å². The quantitative estimate of drug-likeness (QED) is 0.515. The van der Waals surface area contributed by atoms with Crippen LogP contribution in [0.2, 0.25) is 0 Å². The van der Waals surface area contributed by atoms with Crippen molar-refractivity contribution in [1.29, 1.82) is 0 Å². The van der Waals surface area contributed by atoms with Gasteiger partial charge in [-0.05, 0) is 51.1 Å². The predicted molar refractivity (Wildman–Crippen MR) is 113 cm³/mol. The van der Waals surface area contributed by atoms with Gasteiger partial charge in [0.2, 0.25) is 10.7 Å². The molecule has 3 nitrogen and oxygen atoms in total. The molecule has 0 N–H and O–H groups in total. The van der Waals surface area contributed by atoms with Gasteiger partial charge in [0.25, 0.3) is 0 Å². The van der Waals surface area contributed by atoms with E-state index in [9.17, 15) is 9.59 Å². The highest BCUT2D eigenvalue weighted by Crippen LogP contribution is 2.34. The number of hydrogen-bond acceptors (Lipinski definition) is 3. The third-order valence-electron chi connectivity index (χ3n) is 4.10. The van der Waals surface area contributed by atoms with E-state index in [1.807, 2.05) is 69.3 Å². The first kappa shape index (κ1) is 20.2. The van der Waals surface area contributed by atoms with Crippen molar-refractivity contribution in [3.05, 3.63) is 83.3 Å². The lowest BCUT2D eigenvalue weighted by molar-refractivity contribution is -0.153. The average Bonchev–Trinajstić information content (AvgIpc) is 2.64. The van der Waals surface area contributed by atoms with Crippen LogP contribution in [0.25, 0.3) is 0 Å². The molecular weight excluding hydrogens is 368 g/mol. The van der Waals surface area contributed by atoms with Crippen LogP contribution in [-0.4, -0.2) is 17.4 Å². The van der Waals surface area contributed by atoms with E-state index in [-0.39, 0.29) is 24.6 Å². The maximum atomic E-state index is 13.0. The summed E-state index contributed by atoms with van der Waals surface area (Å²) >= 11 is 0. The monoisotopic (exact) mass is 393 g/mol. The first-order valence-corrected chi connectivity index (χ1v) is 10.5. The van der Waals surface area contributed by atoms with Crippen LogP contribution >= 0.6 is 0 Å². The Bertz CT molecular complexity index is 866. The number of rotatable bonds is 5. The van der Waals surface area contributed by atoms with Crippen LogP contribution < -0.4 is 0 Å². The molecule has 0 atom stereocenters. The van der Waals surface area contributed by atoms with Crippen molar-refractivity contribution in [2.75, 3.05) is 0 Å². The van der Waals surface area contributed by atoms with Crippen molar-refractivity contribution in [3.8, 4) is 0 Å². The van der Waals surface area contributed by atoms with Crippen LogP contribution in [0.15, 0.2) is 93.1 Å². The number of esters is 1. The Morgan fingerprint density at radius 1 is 0.929 bits per heavy atom. The van der Waals surface area contributed by atoms with Crippen molar-refractivity contribution in [2.45, 2.75) is 49.0 Å². The van der Waals surface area contributed by atoms with Crippen molar-refractivity contribution >= 4 is 22.6 Å². The first-order chi connectivity index (χ1) is 13.3. The summed E-state index contributed by atoms with van der Waals surface area (Å²) in [6.45, 7) is 5.53. The molecule has 0 bridgehead atoms. The van der Waals surface area contributed by atoms with Crippen LogP contribution in [-0.2, 0) is 25.2 Å². The van der Waals surface area contributed by atoms with E-state index in [1.54, 1.807) is 0 Å². The van der Waals surface area contributed by atoms with E-state index in [1.165, 1.54) is 0 Å². The maximum Gasteiger partial charge on any atom is 0.310 e. The van der Waals surface area contributed by atoms with Crippen LogP contribution in [0.5, 0.6) is 0 Å². The van der Waals surface area contributed by atoms with Crippen molar-refractivity contribution in [3.63, 3.8) is 0 Å². The lowest BCUT2D eigenvalue weighted by Gasteiger charge is -2.20. The van der Waals surface area contributed by atoms with Gasteiger partial charge < -0.3 is 4.74 Å². The summed E-state index contributed by atoms with van der Waals surface area (Å²) in [7, 11) is -0.460. The topological polar surface area (TPSA) is 43.4 Å². The molecule has 0 aromatic heterocycles. The fourth-order valence-corrected chi connectivity index (χ4v) is 5.15. The fraction of sp³-hybridized carbons (Fsp3) is 0.250. The van der Waals surface area contributed by atoms with Crippen LogP contribution in [0.3, 0.4) is 0 Å². The van der Waals surface area contributed by atoms with Gasteiger partial charge in [-0.3, -0.25) is 9.59 Å². The van der Waals surface area contributed by atoms with E-state index in [4.69, 9.17) is 4.74 Å². The second-order valence-corrected chi connectivity index (χ2v) is 9.65. The third-order valence-corrected chi connectivity index (χ3v) is 6.39. The number of Topliss-reactive ketones (excluding diaryl/α,β-unsaturated/α-hetero) is 1. The van der Waals surface area contributed by atoms with E-state index < -0.39 is 16.5 Å². The summed E-state index contributed by atoms with van der Waals surface area (Å²) in [6, 6.07) is 20.2. The number of carbonyl (C=O) groups excluding carboxylic acids is 2. The number of carbonyl (C=O) groups is 2. The number of allylic oxidation sites excluding steroid dienone is 3. The summed E-state index contributed by atoms with van der Waals surface area (Å²) in [4.78, 5) is 28.1. The van der Waals surface area contributed by atoms with Gasteiger partial charge in [0.1, 0.15) is 16.5 Å². The molecule has 0 amide bonds. The van der Waals surface area contributed by atoms with Crippen molar-refractivity contribution in [1.82, 2.24) is 0 Å². The average molecular weight is 394 g/mol. The van der Waals surface area contributed by atoms with Crippen LogP contribution in [0.4, 0.5) is 0 Å². The molecule has 0 saturated carbocycles.